The van der Waals surface area contributed by atoms with Crippen LogP contribution < -0.4 is 9.62 Å². The van der Waals surface area contributed by atoms with Gasteiger partial charge in [0, 0.05) is 10.0 Å². The van der Waals surface area contributed by atoms with Gasteiger partial charge in [0.2, 0.25) is 15.9 Å². The third kappa shape index (κ3) is 5.86. The molecule has 2 aromatic rings. The fraction of sp³-hybridized carbons (Fsp3) is 0.316. The van der Waals surface area contributed by atoms with E-state index in [0.717, 1.165) is 27.3 Å². The summed E-state index contributed by atoms with van der Waals surface area (Å²) in [7, 11) is -3.71. The summed E-state index contributed by atoms with van der Waals surface area (Å²) in [5, 5.41) is 3.43. The van der Waals surface area contributed by atoms with E-state index in [1.54, 1.807) is 0 Å². The van der Waals surface area contributed by atoms with E-state index >= 15 is 0 Å². The molecule has 0 heterocycles. The molecule has 1 atom stereocenters. The Balaban J connectivity index is 2.23. The lowest BCUT2D eigenvalue weighted by Crippen LogP contribution is -2.41. The van der Waals surface area contributed by atoms with Gasteiger partial charge in [-0.15, -0.1) is 0 Å². The molecule has 5 nitrogen and oxygen atoms in total. The first-order valence-electron chi connectivity index (χ1n) is 8.27. The van der Waals surface area contributed by atoms with Crippen molar-refractivity contribution in [1.29, 1.82) is 0 Å². The number of rotatable bonds is 6. The van der Waals surface area contributed by atoms with Gasteiger partial charge in [-0.1, -0.05) is 47.0 Å². The van der Waals surface area contributed by atoms with E-state index in [1.165, 1.54) is 18.2 Å². The maximum atomic E-state index is 12.5. The first-order chi connectivity index (χ1) is 12.5. The molecule has 0 saturated carbocycles. The largest absolute Gasteiger partial charge is 0.348 e. The molecule has 0 aliphatic rings. The van der Waals surface area contributed by atoms with Crippen molar-refractivity contribution in [3.05, 3.63) is 63.1 Å². The van der Waals surface area contributed by atoms with Crippen molar-refractivity contribution in [3.63, 3.8) is 0 Å². The van der Waals surface area contributed by atoms with Crippen molar-refractivity contribution in [1.82, 2.24) is 5.32 Å². The number of nitrogens with one attached hydrogen (secondary N) is 1. The minimum absolute atomic E-state index is 0.240. The predicted octanol–water partition coefficient (Wildman–Crippen LogP) is 4.25. The zero-order valence-electron chi connectivity index (χ0n) is 15.6. The first-order valence-corrected chi connectivity index (χ1v) is 10.9. The van der Waals surface area contributed by atoms with Crippen LogP contribution in [0.25, 0.3) is 0 Å². The normalized spacial score (nSPS) is 12.5. The summed E-state index contributed by atoms with van der Waals surface area (Å²) < 4.78 is 25.4. The fourth-order valence-corrected chi connectivity index (χ4v) is 4.16. The lowest BCUT2D eigenvalue weighted by atomic mass is 10.00. The number of aryl methyl sites for hydroxylation is 2. The second-order valence-electron chi connectivity index (χ2n) is 6.55. The van der Waals surface area contributed by atoms with Gasteiger partial charge in [-0.05, 0) is 50.1 Å². The maximum Gasteiger partial charge on any atom is 0.241 e. The van der Waals surface area contributed by atoms with Crippen molar-refractivity contribution in [3.8, 4) is 0 Å². The number of hydrogen-bond donors (Lipinski definition) is 1. The van der Waals surface area contributed by atoms with E-state index in [9.17, 15) is 13.2 Å². The van der Waals surface area contributed by atoms with Gasteiger partial charge in [-0.2, -0.15) is 0 Å². The molecule has 0 radical (unpaired) electrons. The lowest BCUT2D eigenvalue weighted by molar-refractivity contribution is -0.120. The van der Waals surface area contributed by atoms with Crippen molar-refractivity contribution in [2.45, 2.75) is 26.8 Å². The molecule has 0 aliphatic heterocycles. The van der Waals surface area contributed by atoms with Gasteiger partial charge in [0.25, 0.3) is 0 Å². The number of carbonyl (C=O) groups excluding carboxylic acids is 1. The Bertz CT molecular complexity index is 941. The van der Waals surface area contributed by atoms with Gasteiger partial charge in [0.05, 0.1) is 18.0 Å². The lowest BCUT2D eigenvalue weighted by Gasteiger charge is -2.24. The molecule has 1 amide bonds. The highest BCUT2D eigenvalue weighted by Crippen LogP contribution is 2.27. The Morgan fingerprint density at radius 3 is 2.26 bits per heavy atom. The summed E-state index contributed by atoms with van der Waals surface area (Å²) in [6, 6.07) is 10.1. The molecule has 0 aromatic heterocycles. The van der Waals surface area contributed by atoms with Crippen molar-refractivity contribution >= 4 is 44.8 Å². The second-order valence-corrected chi connectivity index (χ2v) is 9.33. The van der Waals surface area contributed by atoms with E-state index < -0.39 is 15.9 Å². The summed E-state index contributed by atoms with van der Waals surface area (Å²) in [6.07, 6.45) is 1.03. The third-order valence-electron chi connectivity index (χ3n) is 4.10. The van der Waals surface area contributed by atoms with E-state index in [1.807, 2.05) is 39.0 Å². The quantitative estimate of drug-likeness (QED) is 0.747. The Hall–Kier alpha value is -1.76. The third-order valence-corrected chi connectivity index (χ3v) is 5.68. The molecule has 2 aromatic carbocycles. The van der Waals surface area contributed by atoms with Gasteiger partial charge in [-0.3, -0.25) is 9.10 Å². The van der Waals surface area contributed by atoms with E-state index in [4.69, 9.17) is 23.2 Å². The molecule has 0 fully saturated rings. The van der Waals surface area contributed by atoms with Crippen LogP contribution >= 0.6 is 23.2 Å². The summed E-state index contributed by atoms with van der Waals surface area (Å²) >= 11 is 11.9. The van der Waals surface area contributed by atoms with Crippen LogP contribution in [-0.2, 0) is 14.8 Å². The second kappa shape index (κ2) is 8.50. The SMILES string of the molecule is Cc1ccc(C)c([C@H](C)NC(=O)CN(c2cc(Cl)cc(Cl)c2)S(C)(=O)=O)c1. The maximum absolute atomic E-state index is 12.5. The van der Waals surface area contributed by atoms with Gasteiger partial charge in [-0.25, -0.2) is 8.42 Å². The van der Waals surface area contributed by atoms with Crippen molar-refractivity contribution in [2.24, 2.45) is 0 Å². The molecule has 0 unspecified atom stereocenters. The van der Waals surface area contributed by atoms with Crippen molar-refractivity contribution in [2.75, 3.05) is 17.1 Å². The summed E-state index contributed by atoms with van der Waals surface area (Å²) in [6.45, 7) is 5.44. The van der Waals surface area contributed by atoms with Crippen LogP contribution in [0.5, 0.6) is 0 Å². The van der Waals surface area contributed by atoms with E-state index in [0.29, 0.717) is 0 Å². The van der Waals surface area contributed by atoms with Gasteiger partial charge >= 0.3 is 0 Å². The van der Waals surface area contributed by atoms with Gasteiger partial charge in [0.15, 0.2) is 0 Å². The average Bonchev–Trinajstić information content (AvgIpc) is 2.52. The number of carbonyl (C=O) groups is 1. The zero-order chi connectivity index (χ0) is 20.4. The number of anilines is 1. The van der Waals surface area contributed by atoms with Crippen LogP contribution in [-0.4, -0.2) is 27.1 Å². The average molecular weight is 429 g/mol. The van der Waals surface area contributed by atoms with Crippen LogP contribution in [0.2, 0.25) is 10.0 Å². The zero-order valence-corrected chi connectivity index (χ0v) is 17.9. The molecule has 27 heavy (non-hydrogen) atoms. The van der Waals surface area contributed by atoms with Gasteiger partial charge < -0.3 is 5.32 Å². The molecular formula is C19H22Cl2N2O3S. The van der Waals surface area contributed by atoms with Crippen LogP contribution in [0, 0.1) is 13.8 Å². The fourth-order valence-electron chi connectivity index (χ4n) is 2.80. The highest BCUT2D eigenvalue weighted by Gasteiger charge is 2.23. The highest BCUT2D eigenvalue weighted by atomic mass is 35.5. The van der Waals surface area contributed by atoms with E-state index in [2.05, 4.69) is 5.32 Å². The van der Waals surface area contributed by atoms with Crippen molar-refractivity contribution < 1.29 is 13.2 Å². The van der Waals surface area contributed by atoms with Crippen LogP contribution in [0.15, 0.2) is 36.4 Å². The predicted molar refractivity (Wildman–Crippen MR) is 111 cm³/mol. The molecule has 8 heteroatoms. The van der Waals surface area contributed by atoms with Crippen LogP contribution in [0.4, 0.5) is 5.69 Å². The Labute approximate surface area is 170 Å². The Morgan fingerprint density at radius 2 is 1.70 bits per heavy atom. The number of benzene rings is 2. The highest BCUT2D eigenvalue weighted by molar-refractivity contribution is 7.92. The summed E-state index contributed by atoms with van der Waals surface area (Å²) in [4.78, 5) is 12.5. The Kier molecular flexibility index (Phi) is 6.78. The molecular weight excluding hydrogens is 407 g/mol. The van der Waals surface area contributed by atoms with Crippen LogP contribution in [0.1, 0.15) is 29.7 Å². The van der Waals surface area contributed by atoms with Crippen LogP contribution in [0.3, 0.4) is 0 Å². The molecule has 0 spiro atoms. The molecule has 0 bridgehead atoms. The number of amides is 1. The minimum Gasteiger partial charge on any atom is -0.348 e. The number of sulfonamides is 1. The minimum atomic E-state index is -3.71. The molecule has 0 saturated heterocycles. The number of hydrogen-bond acceptors (Lipinski definition) is 3. The molecule has 146 valence electrons. The monoisotopic (exact) mass is 428 g/mol. The summed E-state index contributed by atoms with van der Waals surface area (Å²) in [5.74, 6) is -0.426. The molecule has 0 aliphatic carbocycles. The van der Waals surface area contributed by atoms with E-state index in [-0.39, 0.29) is 28.3 Å². The standard InChI is InChI=1S/C19H22Cl2N2O3S/c1-12-5-6-13(2)18(7-12)14(3)22-19(24)11-23(27(4,25)26)17-9-15(20)8-16(21)10-17/h5-10,14H,11H2,1-4H3,(H,22,24)/t14-/m0/s1. The topological polar surface area (TPSA) is 66.5 Å². The molecule has 2 rings (SSSR count). The number of nitrogens with zero attached hydrogens (tertiary/aromatic N) is 1. The number of halogens is 2. The molecule has 1 N–H and O–H groups in total. The van der Waals surface area contributed by atoms with Gasteiger partial charge in [0.1, 0.15) is 6.54 Å². The summed E-state index contributed by atoms with van der Waals surface area (Å²) in [5.41, 5.74) is 3.36. The Morgan fingerprint density at radius 1 is 1.11 bits per heavy atom. The smallest absolute Gasteiger partial charge is 0.241 e. The first kappa shape index (κ1) is 21.5.